The average Bonchev–Trinajstić information content (AvgIpc) is 2.14. The molecule has 0 aromatic heterocycles. The van der Waals surface area contributed by atoms with Crippen molar-refractivity contribution >= 4 is 11.8 Å². The summed E-state index contributed by atoms with van der Waals surface area (Å²) in [7, 11) is 0. The Morgan fingerprint density at radius 1 is 1.06 bits per heavy atom. The summed E-state index contributed by atoms with van der Waals surface area (Å²) in [6.07, 6.45) is 0. The van der Waals surface area contributed by atoms with E-state index in [0.29, 0.717) is 0 Å². The number of thioether (sulfide) groups is 1. The first-order valence-electron chi connectivity index (χ1n) is 5.63. The second-order valence-electron chi connectivity index (χ2n) is 5.48. The summed E-state index contributed by atoms with van der Waals surface area (Å²) >= 11 is 1.95. The molecule has 0 saturated carbocycles. The third kappa shape index (κ3) is 5.04. The molecule has 2 heteroatoms. The summed E-state index contributed by atoms with van der Waals surface area (Å²) < 4.78 is 0. The standard InChI is InChI=1S/C14H22S.H3N/c1-11(2)10-15-13-8-6-12(7-9-13)14(3,4)5;/h6-9,11H,10H2,1-5H3;1H3. The van der Waals surface area contributed by atoms with Crippen LogP contribution in [0.25, 0.3) is 0 Å². The van der Waals surface area contributed by atoms with Crippen molar-refractivity contribution in [2.75, 3.05) is 5.75 Å². The fraction of sp³-hybridized carbons (Fsp3) is 0.571. The van der Waals surface area contributed by atoms with E-state index in [1.54, 1.807) is 0 Å². The van der Waals surface area contributed by atoms with Crippen LogP contribution in [0.3, 0.4) is 0 Å². The summed E-state index contributed by atoms with van der Waals surface area (Å²) in [5.41, 5.74) is 1.68. The molecule has 0 fully saturated rings. The molecular formula is C14H25NS. The van der Waals surface area contributed by atoms with Crippen LogP contribution in [0.5, 0.6) is 0 Å². The predicted molar refractivity (Wildman–Crippen MR) is 75.7 cm³/mol. The van der Waals surface area contributed by atoms with Crippen LogP contribution in [0.2, 0.25) is 0 Å². The third-order valence-electron chi connectivity index (χ3n) is 2.30. The van der Waals surface area contributed by atoms with E-state index in [4.69, 9.17) is 0 Å². The van der Waals surface area contributed by atoms with Crippen molar-refractivity contribution in [2.24, 2.45) is 5.92 Å². The van der Waals surface area contributed by atoms with Gasteiger partial charge in [0.2, 0.25) is 0 Å². The molecule has 0 spiro atoms. The Bertz CT molecular complexity index is 296. The van der Waals surface area contributed by atoms with Crippen LogP contribution in [0.1, 0.15) is 40.2 Å². The lowest BCUT2D eigenvalue weighted by atomic mass is 9.87. The molecule has 0 amide bonds. The van der Waals surface area contributed by atoms with Crippen molar-refractivity contribution in [3.63, 3.8) is 0 Å². The highest BCUT2D eigenvalue weighted by Gasteiger charge is 2.12. The van der Waals surface area contributed by atoms with E-state index in [9.17, 15) is 0 Å². The van der Waals surface area contributed by atoms with Crippen LogP contribution in [-0.4, -0.2) is 5.75 Å². The highest BCUT2D eigenvalue weighted by Crippen LogP contribution is 2.26. The molecule has 0 aliphatic heterocycles. The zero-order chi connectivity index (χ0) is 11.5. The lowest BCUT2D eigenvalue weighted by Crippen LogP contribution is -2.10. The fourth-order valence-electron chi connectivity index (χ4n) is 1.31. The normalized spacial score (nSPS) is 11.4. The van der Waals surface area contributed by atoms with Gasteiger partial charge in [0.05, 0.1) is 0 Å². The van der Waals surface area contributed by atoms with Gasteiger partial charge in [-0.3, -0.25) is 0 Å². The maximum Gasteiger partial charge on any atom is 0.00722 e. The van der Waals surface area contributed by atoms with Crippen LogP contribution in [0.15, 0.2) is 29.2 Å². The molecule has 3 N–H and O–H groups in total. The molecule has 1 nitrogen and oxygen atoms in total. The van der Waals surface area contributed by atoms with Gasteiger partial charge < -0.3 is 6.15 Å². The van der Waals surface area contributed by atoms with E-state index >= 15 is 0 Å². The van der Waals surface area contributed by atoms with Crippen LogP contribution in [0.4, 0.5) is 0 Å². The Hall–Kier alpha value is -0.470. The van der Waals surface area contributed by atoms with Gasteiger partial charge in [0.1, 0.15) is 0 Å². The van der Waals surface area contributed by atoms with Crippen LogP contribution in [0, 0.1) is 5.92 Å². The molecule has 0 heterocycles. The minimum Gasteiger partial charge on any atom is -0.344 e. The van der Waals surface area contributed by atoms with Gasteiger partial charge in [-0.05, 0) is 29.0 Å². The Kier molecular flexibility index (Phi) is 6.13. The summed E-state index contributed by atoms with van der Waals surface area (Å²) in [6, 6.07) is 8.99. The van der Waals surface area contributed by atoms with E-state index in [-0.39, 0.29) is 11.6 Å². The Morgan fingerprint density at radius 3 is 1.94 bits per heavy atom. The lowest BCUT2D eigenvalue weighted by Gasteiger charge is -2.19. The monoisotopic (exact) mass is 239 g/mol. The molecule has 0 aliphatic carbocycles. The molecule has 16 heavy (non-hydrogen) atoms. The highest BCUT2D eigenvalue weighted by atomic mass is 32.2. The van der Waals surface area contributed by atoms with Crippen LogP contribution >= 0.6 is 11.8 Å². The largest absolute Gasteiger partial charge is 0.344 e. The fourth-order valence-corrected chi connectivity index (χ4v) is 2.17. The van der Waals surface area contributed by atoms with Crippen molar-refractivity contribution < 1.29 is 0 Å². The third-order valence-corrected chi connectivity index (χ3v) is 3.74. The SMILES string of the molecule is CC(C)CSc1ccc(C(C)(C)C)cc1.N. The predicted octanol–water partition coefficient (Wildman–Crippen LogP) is 4.89. The van der Waals surface area contributed by atoms with E-state index in [0.717, 1.165) is 5.92 Å². The quantitative estimate of drug-likeness (QED) is 0.762. The van der Waals surface area contributed by atoms with Crippen LogP contribution in [-0.2, 0) is 5.41 Å². The molecular weight excluding hydrogens is 214 g/mol. The molecule has 0 bridgehead atoms. The van der Waals surface area contributed by atoms with Crippen molar-refractivity contribution in [1.82, 2.24) is 6.15 Å². The second-order valence-corrected chi connectivity index (χ2v) is 6.57. The smallest absolute Gasteiger partial charge is 0.00722 e. The minimum atomic E-state index is 0. The summed E-state index contributed by atoms with van der Waals surface area (Å²) in [4.78, 5) is 1.39. The Morgan fingerprint density at radius 2 is 1.56 bits per heavy atom. The van der Waals surface area contributed by atoms with Crippen LogP contribution < -0.4 is 6.15 Å². The molecule has 0 aliphatic rings. The van der Waals surface area contributed by atoms with Gasteiger partial charge in [-0.1, -0.05) is 46.8 Å². The molecule has 0 saturated heterocycles. The van der Waals surface area contributed by atoms with Crippen molar-refractivity contribution in [2.45, 2.75) is 44.9 Å². The molecule has 0 atom stereocenters. The number of hydrogen-bond donors (Lipinski definition) is 1. The molecule has 0 unspecified atom stereocenters. The Labute approximate surface area is 105 Å². The number of benzene rings is 1. The van der Waals surface area contributed by atoms with Gasteiger partial charge in [0.15, 0.2) is 0 Å². The van der Waals surface area contributed by atoms with E-state index < -0.39 is 0 Å². The van der Waals surface area contributed by atoms with Gasteiger partial charge in [-0.15, -0.1) is 11.8 Å². The molecule has 1 aromatic rings. The summed E-state index contributed by atoms with van der Waals surface area (Å²) in [5, 5.41) is 0. The van der Waals surface area contributed by atoms with Crippen molar-refractivity contribution in [3.8, 4) is 0 Å². The average molecular weight is 239 g/mol. The minimum absolute atomic E-state index is 0. The highest BCUT2D eigenvalue weighted by molar-refractivity contribution is 7.99. The number of rotatable bonds is 3. The van der Waals surface area contributed by atoms with Gasteiger partial charge in [0.25, 0.3) is 0 Å². The van der Waals surface area contributed by atoms with Gasteiger partial charge >= 0.3 is 0 Å². The lowest BCUT2D eigenvalue weighted by molar-refractivity contribution is 0.589. The molecule has 92 valence electrons. The molecule has 0 radical (unpaired) electrons. The topological polar surface area (TPSA) is 35.0 Å². The summed E-state index contributed by atoms with van der Waals surface area (Å²) in [5.74, 6) is 1.96. The van der Waals surface area contributed by atoms with E-state index in [2.05, 4.69) is 58.9 Å². The maximum absolute atomic E-state index is 2.26. The van der Waals surface area contributed by atoms with E-state index in [1.807, 2.05) is 11.8 Å². The summed E-state index contributed by atoms with van der Waals surface area (Å²) in [6.45, 7) is 11.3. The van der Waals surface area contributed by atoms with Crippen molar-refractivity contribution in [3.05, 3.63) is 29.8 Å². The first-order valence-corrected chi connectivity index (χ1v) is 6.61. The maximum atomic E-state index is 2.26. The van der Waals surface area contributed by atoms with Gasteiger partial charge in [0, 0.05) is 10.6 Å². The molecule has 1 aromatic carbocycles. The molecule has 1 rings (SSSR count). The first-order chi connectivity index (χ1) is 6.89. The van der Waals surface area contributed by atoms with Gasteiger partial charge in [-0.25, -0.2) is 0 Å². The number of hydrogen-bond acceptors (Lipinski definition) is 2. The first kappa shape index (κ1) is 15.5. The van der Waals surface area contributed by atoms with E-state index in [1.165, 1.54) is 16.2 Å². The zero-order valence-electron chi connectivity index (χ0n) is 11.2. The Balaban J connectivity index is 0.00000225. The zero-order valence-corrected chi connectivity index (χ0v) is 12.0. The second kappa shape index (κ2) is 6.31. The van der Waals surface area contributed by atoms with Crippen molar-refractivity contribution in [1.29, 1.82) is 0 Å². The van der Waals surface area contributed by atoms with Gasteiger partial charge in [-0.2, -0.15) is 0 Å².